The molecule has 0 spiro atoms. The highest BCUT2D eigenvalue weighted by Crippen LogP contribution is 2.28. The zero-order valence-electron chi connectivity index (χ0n) is 12.5. The van der Waals surface area contributed by atoms with Gasteiger partial charge in [0.25, 0.3) is 5.69 Å². The van der Waals surface area contributed by atoms with Gasteiger partial charge in [-0.1, -0.05) is 38.3 Å². The van der Waals surface area contributed by atoms with E-state index in [1.165, 1.54) is 12.1 Å². The number of benzene rings is 1. The van der Waals surface area contributed by atoms with Crippen molar-refractivity contribution in [2.24, 2.45) is 0 Å². The standard InChI is InChI=1S/C16H21NO4/c1-3-4-5-6-10-15(12(2)16(18)19)13-8-7-9-14(11-13)17(20)21/h7-9,11H,3-6,10H2,1-2H3,(H,18,19). The lowest BCUT2D eigenvalue weighted by molar-refractivity contribution is -0.384. The second-order valence-corrected chi connectivity index (χ2v) is 5.03. The minimum absolute atomic E-state index is 0.0169. The fourth-order valence-corrected chi connectivity index (χ4v) is 2.21. The molecular formula is C16H21NO4. The Morgan fingerprint density at radius 3 is 2.57 bits per heavy atom. The summed E-state index contributed by atoms with van der Waals surface area (Å²) in [4.78, 5) is 21.6. The first-order valence-corrected chi connectivity index (χ1v) is 7.15. The van der Waals surface area contributed by atoms with Gasteiger partial charge in [0, 0.05) is 17.7 Å². The van der Waals surface area contributed by atoms with E-state index in [1.54, 1.807) is 19.1 Å². The number of carboxylic acids is 1. The number of carboxylic acid groups (broad SMARTS) is 1. The van der Waals surface area contributed by atoms with Gasteiger partial charge >= 0.3 is 5.97 Å². The lowest BCUT2D eigenvalue weighted by Crippen LogP contribution is -2.02. The molecule has 0 aliphatic rings. The molecule has 1 N–H and O–H groups in total. The summed E-state index contributed by atoms with van der Waals surface area (Å²) in [5.74, 6) is -0.980. The zero-order valence-corrected chi connectivity index (χ0v) is 12.5. The first-order valence-electron chi connectivity index (χ1n) is 7.15. The van der Waals surface area contributed by atoms with Crippen molar-refractivity contribution in [3.05, 3.63) is 45.5 Å². The van der Waals surface area contributed by atoms with E-state index in [4.69, 9.17) is 0 Å². The minimum Gasteiger partial charge on any atom is -0.478 e. The highest BCUT2D eigenvalue weighted by Gasteiger charge is 2.14. The minimum atomic E-state index is -0.980. The van der Waals surface area contributed by atoms with E-state index in [1.807, 2.05) is 0 Å². The number of hydrogen-bond acceptors (Lipinski definition) is 3. The molecule has 21 heavy (non-hydrogen) atoms. The van der Waals surface area contributed by atoms with Crippen LogP contribution in [0.5, 0.6) is 0 Å². The number of rotatable bonds is 8. The fraction of sp³-hybridized carbons (Fsp3) is 0.438. The van der Waals surface area contributed by atoms with Gasteiger partial charge < -0.3 is 5.11 Å². The van der Waals surface area contributed by atoms with Crippen molar-refractivity contribution in [1.29, 1.82) is 0 Å². The maximum absolute atomic E-state index is 11.2. The molecule has 0 bridgehead atoms. The smallest absolute Gasteiger partial charge is 0.331 e. The number of nitrogens with zero attached hydrogens (tertiary/aromatic N) is 1. The third kappa shape index (κ3) is 5.02. The predicted molar refractivity (Wildman–Crippen MR) is 82.1 cm³/mol. The van der Waals surface area contributed by atoms with E-state index in [2.05, 4.69) is 6.92 Å². The van der Waals surface area contributed by atoms with Crippen molar-refractivity contribution in [2.45, 2.75) is 46.0 Å². The molecule has 1 aromatic carbocycles. The topological polar surface area (TPSA) is 80.4 Å². The van der Waals surface area contributed by atoms with Gasteiger partial charge in [-0.3, -0.25) is 10.1 Å². The van der Waals surface area contributed by atoms with Crippen molar-refractivity contribution in [3.63, 3.8) is 0 Å². The van der Waals surface area contributed by atoms with E-state index in [9.17, 15) is 20.0 Å². The summed E-state index contributed by atoms with van der Waals surface area (Å²) >= 11 is 0. The van der Waals surface area contributed by atoms with Crippen LogP contribution in [-0.2, 0) is 4.79 Å². The summed E-state index contributed by atoms with van der Waals surface area (Å²) in [5.41, 5.74) is 1.55. The molecule has 0 saturated heterocycles. The number of unbranched alkanes of at least 4 members (excludes halogenated alkanes) is 3. The van der Waals surface area contributed by atoms with E-state index < -0.39 is 10.9 Å². The van der Waals surface area contributed by atoms with Crippen LogP contribution in [0.1, 0.15) is 51.5 Å². The summed E-state index contributed by atoms with van der Waals surface area (Å²) in [6, 6.07) is 6.18. The Morgan fingerprint density at radius 2 is 2.00 bits per heavy atom. The average Bonchev–Trinajstić information content (AvgIpc) is 2.46. The molecule has 0 amide bonds. The summed E-state index contributed by atoms with van der Waals surface area (Å²) in [5, 5.41) is 20.1. The lowest BCUT2D eigenvalue weighted by atomic mass is 9.94. The molecule has 0 atom stereocenters. The molecule has 0 aliphatic heterocycles. The molecule has 1 aromatic rings. The van der Waals surface area contributed by atoms with Crippen molar-refractivity contribution < 1.29 is 14.8 Å². The highest BCUT2D eigenvalue weighted by atomic mass is 16.6. The molecule has 0 aliphatic carbocycles. The molecule has 5 nitrogen and oxygen atoms in total. The Bertz CT molecular complexity index is 549. The highest BCUT2D eigenvalue weighted by molar-refractivity contribution is 5.95. The molecule has 1 rings (SSSR count). The summed E-state index contributed by atoms with van der Waals surface area (Å²) in [6.07, 6.45) is 4.75. The second kappa shape index (κ2) is 8.19. The van der Waals surface area contributed by atoms with Gasteiger partial charge in [-0.2, -0.15) is 0 Å². The molecule has 0 saturated carbocycles. The molecule has 0 unspecified atom stereocenters. The number of allylic oxidation sites excluding steroid dienone is 1. The number of non-ortho nitro benzene ring substituents is 1. The molecule has 0 aromatic heterocycles. The van der Waals surface area contributed by atoms with E-state index in [0.29, 0.717) is 17.6 Å². The monoisotopic (exact) mass is 291 g/mol. The van der Waals surface area contributed by atoms with E-state index in [0.717, 1.165) is 25.7 Å². The largest absolute Gasteiger partial charge is 0.478 e. The van der Waals surface area contributed by atoms with Gasteiger partial charge in [-0.15, -0.1) is 0 Å². The fourth-order valence-electron chi connectivity index (χ4n) is 2.21. The molecule has 0 fully saturated rings. The van der Waals surface area contributed by atoms with Crippen LogP contribution >= 0.6 is 0 Å². The van der Waals surface area contributed by atoms with Crippen LogP contribution in [0.4, 0.5) is 5.69 Å². The maximum atomic E-state index is 11.2. The lowest BCUT2D eigenvalue weighted by Gasteiger charge is -2.10. The van der Waals surface area contributed by atoms with Crippen LogP contribution in [0.15, 0.2) is 29.8 Å². The van der Waals surface area contributed by atoms with Crippen LogP contribution in [0, 0.1) is 10.1 Å². The molecule has 0 heterocycles. The number of aliphatic carboxylic acids is 1. The zero-order chi connectivity index (χ0) is 15.8. The van der Waals surface area contributed by atoms with Crippen LogP contribution < -0.4 is 0 Å². The molecule has 114 valence electrons. The normalized spacial score (nSPS) is 11.9. The van der Waals surface area contributed by atoms with Gasteiger partial charge in [0.2, 0.25) is 0 Å². The van der Waals surface area contributed by atoms with Crippen LogP contribution in [-0.4, -0.2) is 16.0 Å². The number of nitro benzene ring substituents is 1. The van der Waals surface area contributed by atoms with Crippen LogP contribution in [0.3, 0.4) is 0 Å². The first kappa shape index (κ1) is 16.9. The second-order valence-electron chi connectivity index (χ2n) is 5.03. The van der Waals surface area contributed by atoms with Gasteiger partial charge in [-0.25, -0.2) is 4.79 Å². The Morgan fingerprint density at radius 1 is 1.29 bits per heavy atom. The van der Waals surface area contributed by atoms with Gasteiger partial charge in [0.1, 0.15) is 0 Å². The third-order valence-corrected chi connectivity index (χ3v) is 3.46. The van der Waals surface area contributed by atoms with Gasteiger partial charge in [0.15, 0.2) is 0 Å². The van der Waals surface area contributed by atoms with Crippen molar-refractivity contribution in [3.8, 4) is 0 Å². The van der Waals surface area contributed by atoms with Gasteiger partial charge in [0.05, 0.1) is 4.92 Å². The number of nitro groups is 1. The molecule has 5 heteroatoms. The number of hydrogen-bond donors (Lipinski definition) is 1. The maximum Gasteiger partial charge on any atom is 0.331 e. The van der Waals surface area contributed by atoms with Gasteiger partial charge in [-0.05, 0) is 30.9 Å². The van der Waals surface area contributed by atoms with Crippen molar-refractivity contribution in [1.82, 2.24) is 0 Å². The van der Waals surface area contributed by atoms with E-state index in [-0.39, 0.29) is 11.3 Å². The average molecular weight is 291 g/mol. The predicted octanol–water partition coefficient (Wildman–Crippen LogP) is 4.42. The Balaban J connectivity index is 3.07. The third-order valence-electron chi connectivity index (χ3n) is 3.46. The SMILES string of the molecule is CCCCCCC(=C(C)C(=O)O)c1cccc([N+](=O)[O-])c1. The summed E-state index contributed by atoms with van der Waals surface area (Å²) < 4.78 is 0. The van der Waals surface area contributed by atoms with Crippen LogP contribution in [0.2, 0.25) is 0 Å². The van der Waals surface area contributed by atoms with Crippen molar-refractivity contribution >= 4 is 17.2 Å². The summed E-state index contributed by atoms with van der Waals surface area (Å²) in [7, 11) is 0. The quantitative estimate of drug-likeness (QED) is 0.332. The Hall–Kier alpha value is -2.17. The van der Waals surface area contributed by atoms with Crippen LogP contribution in [0.25, 0.3) is 5.57 Å². The van der Waals surface area contributed by atoms with Crippen molar-refractivity contribution in [2.75, 3.05) is 0 Å². The molecular weight excluding hydrogens is 270 g/mol. The van der Waals surface area contributed by atoms with E-state index >= 15 is 0 Å². The molecule has 0 radical (unpaired) electrons. The first-order chi connectivity index (χ1) is 9.97. The summed E-state index contributed by atoms with van der Waals surface area (Å²) in [6.45, 7) is 3.66. The Labute approximate surface area is 124 Å². The number of carbonyl (C=O) groups is 1. The Kier molecular flexibility index (Phi) is 6.59.